The number of nitrogens with zero attached hydrogens (tertiary/aromatic N) is 4. The van der Waals surface area contributed by atoms with Crippen molar-refractivity contribution in [3.05, 3.63) is 36.5 Å². The molecule has 2 unspecified atom stereocenters. The van der Waals surface area contributed by atoms with Gasteiger partial charge in [-0.15, -0.1) is 5.10 Å². The lowest BCUT2D eigenvalue weighted by atomic mass is 10.0. The first-order chi connectivity index (χ1) is 17.1. The lowest BCUT2D eigenvalue weighted by Crippen LogP contribution is -2.50. The number of fused-ring (bicyclic) bond motifs is 1. The maximum absolute atomic E-state index is 12.9. The zero-order valence-electron chi connectivity index (χ0n) is 19.7. The molecule has 0 aliphatic carbocycles. The van der Waals surface area contributed by atoms with Crippen molar-refractivity contribution >= 4 is 22.6 Å². The van der Waals surface area contributed by atoms with E-state index in [0.29, 0.717) is 50.2 Å². The van der Waals surface area contributed by atoms with Crippen LogP contribution in [-0.4, -0.2) is 94.3 Å². The van der Waals surface area contributed by atoms with Crippen molar-refractivity contribution in [3.63, 3.8) is 0 Å². The number of benzene rings is 1. The molecule has 2 aliphatic rings. The number of hydrogen-bond donors (Lipinski definition) is 4. The molecule has 2 saturated heterocycles. The first kappa shape index (κ1) is 23.5. The Morgan fingerprint density at radius 3 is 2.71 bits per heavy atom. The number of carbonyl (C=O) groups excluding carboxylic acids is 1. The van der Waals surface area contributed by atoms with Gasteiger partial charge in [-0.25, -0.2) is 4.98 Å². The Hall–Kier alpha value is -3.21. The summed E-state index contributed by atoms with van der Waals surface area (Å²) in [6, 6.07) is 10.3. The number of amides is 1. The minimum atomic E-state index is -1.00. The van der Waals surface area contributed by atoms with E-state index in [1.807, 2.05) is 41.4 Å². The highest BCUT2D eigenvalue weighted by molar-refractivity contribution is 6.01. The molecule has 5 rings (SSSR count). The van der Waals surface area contributed by atoms with E-state index in [1.54, 1.807) is 0 Å². The fourth-order valence-corrected chi connectivity index (χ4v) is 4.89. The van der Waals surface area contributed by atoms with E-state index in [9.17, 15) is 15.0 Å². The van der Waals surface area contributed by atoms with Crippen LogP contribution in [0.2, 0.25) is 0 Å². The van der Waals surface area contributed by atoms with E-state index in [-0.39, 0.29) is 12.5 Å². The molecule has 0 spiro atoms. The molecule has 3 aromatic rings. The first-order valence-electron chi connectivity index (χ1n) is 12.2. The largest absolute Gasteiger partial charge is 0.473 e. The second-order valence-electron chi connectivity index (χ2n) is 9.15. The Labute approximate surface area is 203 Å². The second-order valence-corrected chi connectivity index (χ2v) is 9.15. The van der Waals surface area contributed by atoms with Gasteiger partial charge in [0.1, 0.15) is 18.1 Å². The van der Waals surface area contributed by atoms with E-state index >= 15 is 0 Å². The number of rotatable bonds is 8. The van der Waals surface area contributed by atoms with Crippen molar-refractivity contribution in [2.24, 2.45) is 0 Å². The molecular formula is C25H32N6O4. The molecule has 2 fully saturated rings. The summed E-state index contributed by atoms with van der Waals surface area (Å²) in [6.07, 6.45) is 3.59. The standard InChI is InChI=1S/C25H32N6O4/c32-15-19(33)16-35-25-22-23(20(14-27-24(22)28-29-25)17-5-2-1-3-6-17)31-11-9-30(10-12-31)21(34)13-18-7-4-8-26-18/h1-3,5-6,14,18-19,26,32-33H,4,7-13,15-16H2,(H,27,28,29). The average molecular weight is 481 g/mol. The number of nitrogens with one attached hydrogen (secondary N) is 2. The quantitative estimate of drug-likeness (QED) is 0.378. The summed E-state index contributed by atoms with van der Waals surface area (Å²) in [4.78, 5) is 21.7. The van der Waals surface area contributed by atoms with Gasteiger partial charge >= 0.3 is 0 Å². The molecule has 35 heavy (non-hydrogen) atoms. The number of aromatic nitrogens is 3. The van der Waals surface area contributed by atoms with E-state index < -0.39 is 12.7 Å². The molecule has 10 nitrogen and oxygen atoms in total. The third-order valence-electron chi connectivity index (χ3n) is 6.77. The van der Waals surface area contributed by atoms with Crippen molar-refractivity contribution in [1.29, 1.82) is 0 Å². The topological polar surface area (TPSA) is 127 Å². The molecule has 10 heteroatoms. The molecule has 0 radical (unpaired) electrons. The highest BCUT2D eigenvalue weighted by Crippen LogP contribution is 2.40. The van der Waals surface area contributed by atoms with Crippen LogP contribution < -0.4 is 15.0 Å². The molecule has 4 N–H and O–H groups in total. The molecule has 0 bridgehead atoms. The van der Waals surface area contributed by atoms with Crippen LogP contribution in [0.1, 0.15) is 19.3 Å². The number of anilines is 1. The number of hydrogen-bond acceptors (Lipinski definition) is 8. The second kappa shape index (κ2) is 10.6. The van der Waals surface area contributed by atoms with Crippen molar-refractivity contribution in [2.45, 2.75) is 31.4 Å². The number of aliphatic hydroxyl groups excluding tert-OH is 2. The first-order valence-corrected chi connectivity index (χ1v) is 12.2. The molecule has 2 aromatic heterocycles. The zero-order valence-corrected chi connectivity index (χ0v) is 19.7. The Balaban J connectivity index is 1.43. The summed E-state index contributed by atoms with van der Waals surface area (Å²) in [5, 5.41) is 30.3. The number of ether oxygens (including phenoxy) is 1. The molecule has 2 atom stereocenters. The van der Waals surface area contributed by atoms with E-state index in [1.165, 1.54) is 0 Å². The summed E-state index contributed by atoms with van der Waals surface area (Å²) in [7, 11) is 0. The molecular weight excluding hydrogens is 448 g/mol. The summed E-state index contributed by atoms with van der Waals surface area (Å²) >= 11 is 0. The van der Waals surface area contributed by atoms with Crippen molar-refractivity contribution in [2.75, 3.05) is 50.8 Å². The highest BCUT2D eigenvalue weighted by atomic mass is 16.5. The van der Waals surface area contributed by atoms with Crippen LogP contribution in [-0.2, 0) is 4.79 Å². The fourth-order valence-electron chi connectivity index (χ4n) is 4.89. The predicted molar refractivity (Wildman–Crippen MR) is 132 cm³/mol. The van der Waals surface area contributed by atoms with Crippen LogP contribution in [0.25, 0.3) is 22.2 Å². The van der Waals surface area contributed by atoms with E-state index in [0.717, 1.165) is 41.6 Å². The molecule has 2 aliphatic heterocycles. The average Bonchev–Trinajstić information content (AvgIpc) is 3.57. The van der Waals surface area contributed by atoms with Gasteiger partial charge in [0.2, 0.25) is 11.8 Å². The summed E-state index contributed by atoms with van der Waals surface area (Å²) in [5.41, 5.74) is 3.49. The smallest absolute Gasteiger partial charge is 0.244 e. The van der Waals surface area contributed by atoms with Gasteiger partial charge in [-0.05, 0) is 24.9 Å². The molecule has 4 heterocycles. The SMILES string of the molecule is O=C(CC1CCCN1)N1CCN(c2c(-c3ccccc3)cnc3[nH]nc(OCC(O)CO)c23)CC1. The van der Waals surface area contributed by atoms with E-state index in [2.05, 4.69) is 25.4 Å². The van der Waals surface area contributed by atoms with Gasteiger partial charge < -0.3 is 30.1 Å². The number of aliphatic hydroxyl groups is 2. The summed E-state index contributed by atoms with van der Waals surface area (Å²) in [5.74, 6) is 0.538. The minimum absolute atomic E-state index is 0.0804. The highest BCUT2D eigenvalue weighted by Gasteiger charge is 2.28. The third-order valence-corrected chi connectivity index (χ3v) is 6.77. The summed E-state index contributed by atoms with van der Waals surface area (Å²) < 4.78 is 5.78. The number of H-pyrrole nitrogens is 1. The van der Waals surface area contributed by atoms with Crippen LogP contribution in [0.15, 0.2) is 36.5 Å². The normalized spacial score (nSPS) is 19.3. The van der Waals surface area contributed by atoms with Gasteiger partial charge in [0.15, 0.2) is 5.65 Å². The van der Waals surface area contributed by atoms with Crippen molar-refractivity contribution in [3.8, 4) is 17.0 Å². The molecule has 1 amide bonds. The van der Waals surface area contributed by atoms with Crippen LogP contribution in [0, 0.1) is 0 Å². The van der Waals surface area contributed by atoms with Gasteiger partial charge in [-0.2, -0.15) is 0 Å². The van der Waals surface area contributed by atoms with Gasteiger partial charge in [0, 0.05) is 50.4 Å². The van der Waals surface area contributed by atoms with Crippen molar-refractivity contribution < 1.29 is 19.7 Å². The van der Waals surface area contributed by atoms with Crippen LogP contribution in [0.5, 0.6) is 5.88 Å². The Morgan fingerprint density at radius 1 is 1.20 bits per heavy atom. The van der Waals surface area contributed by atoms with Crippen LogP contribution in [0.3, 0.4) is 0 Å². The maximum atomic E-state index is 12.9. The van der Waals surface area contributed by atoms with Gasteiger partial charge in [0.25, 0.3) is 0 Å². The van der Waals surface area contributed by atoms with Gasteiger partial charge in [-0.3, -0.25) is 9.89 Å². The molecule has 186 valence electrons. The third kappa shape index (κ3) is 5.09. The zero-order chi connectivity index (χ0) is 24.2. The fraction of sp³-hybridized carbons (Fsp3) is 0.480. The number of piperazine rings is 1. The predicted octanol–water partition coefficient (Wildman–Crippen LogP) is 1.15. The Morgan fingerprint density at radius 2 is 2.00 bits per heavy atom. The Bertz CT molecular complexity index is 1140. The van der Waals surface area contributed by atoms with Crippen LogP contribution >= 0.6 is 0 Å². The van der Waals surface area contributed by atoms with Crippen molar-refractivity contribution in [1.82, 2.24) is 25.4 Å². The Kier molecular flexibility index (Phi) is 7.12. The number of pyridine rings is 1. The molecule has 0 saturated carbocycles. The maximum Gasteiger partial charge on any atom is 0.244 e. The number of aromatic amines is 1. The minimum Gasteiger partial charge on any atom is -0.473 e. The van der Waals surface area contributed by atoms with E-state index in [4.69, 9.17) is 4.74 Å². The molecule has 1 aromatic carbocycles. The summed E-state index contributed by atoms with van der Waals surface area (Å²) in [6.45, 7) is 3.15. The lowest BCUT2D eigenvalue weighted by Gasteiger charge is -2.37. The van der Waals surface area contributed by atoms with Gasteiger partial charge in [-0.1, -0.05) is 30.3 Å². The lowest BCUT2D eigenvalue weighted by molar-refractivity contribution is -0.131. The van der Waals surface area contributed by atoms with Crippen LogP contribution in [0.4, 0.5) is 5.69 Å². The number of carbonyl (C=O) groups is 1. The monoisotopic (exact) mass is 480 g/mol. The van der Waals surface area contributed by atoms with Gasteiger partial charge in [0.05, 0.1) is 12.3 Å².